The average Bonchev–Trinajstić information content (AvgIpc) is 2.53. The molecule has 1 heterocycles. The van der Waals surface area contributed by atoms with Crippen molar-refractivity contribution in [3.05, 3.63) is 35.9 Å². The van der Waals surface area contributed by atoms with E-state index in [9.17, 15) is 4.79 Å². The van der Waals surface area contributed by atoms with Crippen LogP contribution in [0, 0.1) is 5.92 Å². The van der Waals surface area contributed by atoms with E-state index in [1.165, 1.54) is 12.0 Å². The normalized spacial score (nSPS) is 23.3. The van der Waals surface area contributed by atoms with Gasteiger partial charge in [0.05, 0.1) is 6.04 Å². The summed E-state index contributed by atoms with van der Waals surface area (Å²) in [6, 6.07) is 10.5. The lowest BCUT2D eigenvalue weighted by Crippen LogP contribution is -2.36. The number of amides is 1. The van der Waals surface area contributed by atoms with Gasteiger partial charge >= 0.3 is 0 Å². The van der Waals surface area contributed by atoms with E-state index < -0.39 is 0 Å². The first kappa shape index (κ1) is 12.2. The zero-order valence-electron chi connectivity index (χ0n) is 10.7. The van der Waals surface area contributed by atoms with Crippen LogP contribution in [0.2, 0.25) is 0 Å². The topological polar surface area (TPSA) is 20.3 Å². The van der Waals surface area contributed by atoms with E-state index in [1.54, 1.807) is 0 Å². The molecular formula is C15H21NO. The Balaban J connectivity index is 2.17. The minimum absolute atomic E-state index is 0.184. The fourth-order valence-electron chi connectivity index (χ4n) is 2.55. The van der Waals surface area contributed by atoms with Crippen LogP contribution in [0.3, 0.4) is 0 Å². The highest BCUT2D eigenvalue weighted by Gasteiger charge is 2.27. The maximum absolute atomic E-state index is 12.3. The molecule has 1 aliphatic rings. The third kappa shape index (κ3) is 2.68. The van der Waals surface area contributed by atoms with Crippen LogP contribution in [-0.2, 0) is 4.79 Å². The van der Waals surface area contributed by atoms with Gasteiger partial charge in [-0.2, -0.15) is 0 Å². The van der Waals surface area contributed by atoms with Crippen LogP contribution >= 0.6 is 0 Å². The van der Waals surface area contributed by atoms with Gasteiger partial charge in [-0.1, -0.05) is 43.7 Å². The van der Waals surface area contributed by atoms with E-state index in [0.29, 0.717) is 5.91 Å². The molecule has 1 amide bonds. The van der Waals surface area contributed by atoms with Gasteiger partial charge in [0.25, 0.3) is 0 Å². The minimum Gasteiger partial charge on any atom is -0.336 e. The summed E-state index contributed by atoms with van der Waals surface area (Å²) < 4.78 is 0. The monoisotopic (exact) mass is 231 g/mol. The van der Waals surface area contributed by atoms with E-state index >= 15 is 0 Å². The fraction of sp³-hybridized carbons (Fsp3) is 0.533. The SMILES string of the molecule is C[C@H](c1ccccc1)N1CCCC[C@H](C)C1=O. The standard InChI is InChI=1S/C15H21NO/c1-12-8-6-7-11-16(15(12)17)13(2)14-9-4-3-5-10-14/h3-5,9-10,12-13H,6-8,11H2,1-2H3/t12-,13+/m0/s1. The number of carbonyl (C=O) groups is 1. The molecule has 1 fully saturated rings. The van der Waals surface area contributed by atoms with Gasteiger partial charge in [0.15, 0.2) is 0 Å². The number of rotatable bonds is 2. The zero-order chi connectivity index (χ0) is 12.3. The molecule has 1 aromatic carbocycles. The van der Waals surface area contributed by atoms with Gasteiger partial charge in [-0.05, 0) is 25.3 Å². The van der Waals surface area contributed by atoms with Crippen LogP contribution in [0.4, 0.5) is 0 Å². The smallest absolute Gasteiger partial charge is 0.225 e. The third-order valence-electron chi connectivity index (χ3n) is 3.74. The molecular weight excluding hydrogens is 210 g/mol. The molecule has 0 aromatic heterocycles. The molecule has 1 aliphatic heterocycles. The van der Waals surface area contributed by atoms with Crippen molar-refractivity contribution in [1.29, 1.82) is 0 Å². The first-order chi connectivity index (χ1) is 8.20. The van der Waals surface area contributed by atoms with Gasteiger partial charge in [-0.3, -0.25) is 4.79 Å². The Morgan fingerprint density at radius 3 is 2.65 bits per heavy atom. The molecule has 2 rings (SSSR count). The molecule has 0 aliphatic carbocycles. The Hall–Kier alpha value is -1.31. The number of benzene rings is 1. The molecule has 0 radical (unpaired) electrons. The summed E-state index contributed by atoms with van der Waals surface area (Å²) in [6.07, 6.45) is 3.34. The third-order valence-corrected chi connectivity index (χ3v) is 3.74. The van der Waals surface area contributed by atoms with E-state index in [-0.39, 0.29) is 12.0 Å². The summed E-state index contributed by atoms with van der Waals surface area (Å²) in [7, 11) is 0. The largest absolute Gasteiger partial charge is 0.336 e. The molecule has 2 nitrogen and oxygen atoms in total. The number of hydrogen-bond acceptors (Lipinski definition) is 1. The summed E-state index contributed by atoms with van der Waals surface area (Å²) >= 11 is 0. The molecule has 0 spiro atoms. The van der Waals surface area contributed by atoms with Gasteiger partial charge in [0, 0.05) is 12.5 Å². The minimum atomic E-state index is 0.184. The van der Waals surface area contributed by atoms with Crippen molar-refractivity contribution >= 4 is 5.91 Å². The lowest BCUT2D eigenvalue weighted by Gasteiger charge is -2.30. The van der Waals surface area contributed by atoms with Crippen molar-refractivity contribution in [2.45, 2.75) is 39.2 Å². The quantitative estimate of drug-likeness (QED) is 0.764. The highest BCUT2D eigenvalue weighted by atomic mass is 16.2. The Bertz CT molecular complexity index is 374. The van der Waals surface area contributed by atoms with Gasteiger partial charge in [0.1, 0.15) is 0 Å². The maximum Gasteiger partial charge on any atom is 0.225 e. The molecule has 0 N–H and O–H groups in total. The van der Waals surface area contributed by atoms with Crippen LogP contribution < -0.4 is 0 Å². The van der Waals surface area contributed by atoms with Crippen LogP contribution in [0.25, 0.3) is 0 Å². The second-order valence-corrected chi connectivity index (χ2v) is 5.02. The lowest BCUT2D eigenvalue weighted by molar-refractivity contribution is -0.136. The van der Waals surface area contributed by atoms with Crippen LogP contribution in [-0.4, -0.2) is 17.4 Å². The summed E-state index contributed by atoms with van der Waals surface area (Å²) in [6.45, 7) is 5.09. The summed E-state index contributed by atoms with van der Waals surface area (Å²) in [5, 5.41) is 0. The van der Waals surface area contributed by atoms with Gasteiger partial charge in [-0.15, -0.1) is 0 Å². The van der Waals surface area contributed by atoms with Crippen molar-refractivity contribution in [3.63, 3.8) is 0 Å². The summed E-state index contributed by atoms with van der Waals surface area (Å²) in [5.41, 5.74) is 1.23. The highest BCUT2D eigenvalue weighted by Crippen LogP contribution is 2.26. The molecule has 1 aromatic rings. The van der Waals surface area contributed by atoms with Crippen molar-refractivity contribution < 1.29 is 4.79 Å². The molecule has 0 saturated carbocycles. The predicted molar refractivity (Wildman–Crippen MR) is 69.6 cm³/mol. The van der Waals surface area contributed by atoms with Crippen LogP contribution in [0.5, 0.6) is 0 Å². The number of likely N-dealkylation sites (tertiary alicyclic amines) is 1. The first-order valence-corrected chi connectivity index (χ1v) is 6.55. The lowest BCUT2D eigenvalue weighted by atomic mass is 10.0. The van der Waals surface area contributed by atoms with E-state index in [4.69, 9.17) is 0 Å². The maximum atomic E-state index is 12.3. The summed E-state index contributed by atoms with van der Waals surface area (Å²) in [5.74, 6) is 0.502. The van der Waals surface area contributed by atoms with Crippen molar-refractivity contribution in [1.82, 2.24) is 4.90 Å². The van der Waals surface area contributed by atoms with Gasteiger partial charge < -0.3 is 4.90 Å². The van der Waals surface area contributed by atoms with Gasteiger partial charge in [-0.25, -0.2) is 0 Å². The Morgan fingerprint density at radius 2 is 1.94 bits per heavy atom. The Labute approximate surface area is 104 Å². The molecule has 17 heavy (non-hydrogen) atoms. The van der Waals surface area contributed by atoms with E-state index in [1.807, 2.05) is 23.1 Å². The van der Waals surface area contributed by atoms with Crippen molar-refractivity contribution in [3.8, 4) is 0 Å². The fourth-order valence-corrected chi connectivity index (χ4v) is 2.55. The molecule has 2 heteroatoms. The number of hydrogen-bond donors (Lipinski definition) is 0. The molecule has 1 saturated heterocycles. The zero-order valence-corrected chi connectivity index (χ0v) is 10.7. The predicted octanol–water partition coefficient (Wildman–Crippen LogP) is 3.40. The number of nitrogens with zero attached hydrogens (tertiary/aromatic N) is 1. The Kier molecular flexibility index (Phi) is 3.82. The Morgan fingerprint density at radius 1 is 1.24 bits per heavy atom. The molecule has 2 atom stereocenters. The molecule has 0 bridgehead atoms. The van der Waals surface area contributed by atoms with Crippen molar-refractivity contribution in [2.24, 2.45) is 5.92 Å². The summed E-state index contributed by atoms with van der Waals surface area (Å²) in [4.78, 5) is 14.3. The van der Waals surface area contributed by atoms with Crippen LogP contribution in [0.1, 0.15) is 44.7 Å². The van der Waals surface area contributed by atoms with Crippen molar-refractivity contribution in [2.75, 3.05) is 6.54 Å². The van der Waals surface area contributed by atoms with E-state index in [2.05, 4.69) is 26.0 Å². The van der Waals surface area contributed by atoms with E-state index in [0.717, 1.165) is 19.4 Å². The molecule has 92 valence electrons. The highest BCUT2D eigenvalue weighted by molar-refractivity contribution is 5.79. The molecule has 0 unspecified atom stereocenters. The second kappa shape index (κ2) is 5.35. The first-order valence-electron chi connectivity index (χ1n) is 6.55. The second-order valence-electron chi connectivity index (χ2n) is 5.02. The average molecular weight is 231 g/mol. The number of carbonyl (C=O) groups excluding carboxylic acids is 1. The van der Waals surface area contributed by atoms with Crippen LogP contribution in [0.15, 0.2) is 30.3 Å². The van der Waals surface area contributed by atoms with Gasteiger partial charge in [0.2, 0.25) is 5.91 Å².